The molecule has 1 aromatic carbocycles. The van der Waals surface area contributed by atoms with Gasteiger partial charge in [-0.3, -0.25) is 4.79 Å². The maximum absolute atomic E-state index is 11.7. The first-order chi connectivity index (χ1) is 10.6. The summed E-state index contributed by atoms with van der Waals surface area (Å²) in [6.07, 6.45) is 2.23. The predicted octanol–water partition coefficient (Wildman–Crippen LogP) is 2.00. The number of hydrogen-bond donors (Lipinski definition) is 2. The molecule has 2 aromatic rings. The Morgan fingerprint density at radius 3 is 2.77 bits per heavy atom. The van der Waals surface area contributed by atoms with Gasteiger partial charge in [0.05, 0.1) is 22.9 Å². The second-order valence-electron chi connectivity index (χ2n) is 5.40. The number of carbonyl (C=O) groups excluding carboxylic acids is 1. The summed E-state index contributed by atoms with van der Waals surface area (Å²) in [6.45, 7) is 1.75. The Morgan fingerprint density at radius 1 is 1.36 bits per heavy atom. The molecule has 0 spiro atoms. The molecule has 3 N–H and O–H groups in total. The van der Waals surface area contributed by atoms with Crippen LogP contribution in [-0.4, -0.2) is 22.1 Å². The summed E-state index contributed by atoms with van der Waals surface area (Å²) in [4.78, 5) is 11.7. The summed E-state index contributed by atoms with van der Waals surface area (Å²) < 4.78 is 0. The van der Waals surface area contributed by atoms with E-state index in [1.807, 2.05) is 6.07 Å². The average Bonchev–Trinajstić information content (AvgIpc) is 3.32. The Labute approximate surface area is 128 Å². The van der Waals surface area contributed by atoms with Crippen molar-refractivity contribution in [2.24, 2.45) is 5.73 Å². The molecule has 1 fully saturated rings. The first-order valence-corrected chi connectivity index (χ1v) is 7.03. The Kier molecular flexibility index (Phi) is 3.47. The molecule has 3 rings (SSSR count). The molecule has 0 unspecified atom stereocenters. The molecule has 0 bridgehead atoms. The van der Waals surface area contributed by atoms with Crippen LogP contribution in [0.15, 0.2) is 24.3 Å². The van der Waals surface area contributed by atoms with Gasteiger partial charge in [0, 0.05) is 17.3 Å². The summed E-state index contributed by atoms with van der Waals surface area (Å²) in [6, 6.07) is 9.42. The van der Waals surface area contributed by atoms with Crippen LogP contribution < -0.4 is 11.1 Å². The second-order valence-corrected chi connectivity index (χ2v) is 5.40. The Hall–Kier alpha value is -2.94. The van der Waals surface area contributed by atoms with Crippen LogP contribution in [0, 0.1) is 18.3 Å². The first kappa shape index (κ1) is 14.0. The average molecular weight is 293 g/mol. The lowest BCUT2D eigenvalue weighted by molar-refractivity contribution is 0.100. The quantitative estimate of drug-likeness (QED) is 0.897. The zero-order chi connectivity index (χ0) is 15.7. The zero-order valence-corrected chi connectivity index (χ0v) is 12.1. The molecule has 1 saturated carbocycles. The lowest BCUT2D eigenvalue weighted by Gasteiger charge is -2.13. The normalized spacial score (nSPS) is 13.5. The number of nitrogens with two attached hydrogens (primary N) is 1. The number of nitrogens with zero attached hydrogens (tertiary/aromatic N) is 3. The van der Waals surface area contributed by atoms with Crippen LogP contribution >= 0.6 is 0 Å². The largest absolute Gasteiger partial charge is 0.382 e. The number of carbonyl (C=O) groups is 1. The number of aromatic nitrogens is 2. The highest BCUT2D eigenvalue weighted by Crippen LogP contribution is 2.33. The molecular formula is C16H15N5O. The third-order valence-electron chi connectivity index (χ3n) is 3.52. The van der Waals surface area contributed by atoms with Gasteiger partial charge in [-0.1, -0.05) is 0 Å². The van der Waals surface area contributed by atoms with E-state index in [-0.39, 0.29) is 0 Å². The van der Waals surface area contributed by atoms with Gasteiger partial charge in [-0.2, -0.15) is 10.4 Å². The molecule has 0 radical (unpaired) electrons. The van der Waals surface area contributed by atoms with Gasteiger partial charge < -0.3 is 11.1 Å². The molecular weight excluding hydrogens is 278 g/mol. The molecule has 0 aliphatic heterocycles. The number of amides is 1. The second kappa shape index (κ2) is 5.45. The fraction of sp³-hybridized carbons (Fsp3) is 0.250. The molecule has 1 aliphatic rings. The number of anilines is 1. The van der Waals surface area contributed by atoms with Crippen molar-refractivity contribution in [1.82, 2.24) is 10.2 Å². The number of hydrogen-bond acceptors (Lipinski definition) is 5. The van der Waals surface area contributed by atoms with Crippen LogP contribution in [0.5, 0.6) is 0 Å². The van der Waals surface area contributed by atoms with Crippen molar-refractivity contribution in [3.63, 3.8) is 0 Å². The SMILES string of the molecule is Cc1cc(C(N)=O)c(-c2cc(C#N)ccc2NC2CC2)nn1. The number of benzene rings is 1. The molecule has 0 atom stereocenters. The van der Waals surface area contributed by atoms with Crippen molar-refractivity contribution in [1.29, 1.82) is 5.26 Å². The molecule has 110 valence electrons. The summed E-state index contributed by atoms with van der Waals surface area (Å²) in [5.74, 6) is -0.562. The van der Waals surface area contributed by atoms with Crippen molar-refractivity contribution in [3.05, 3.63) is 41.1 Å². The van der Waals surface area contributed by atoms with Gasteiger partial charge in [0.2, 0.25) is 0 Å². The van der Waals surface area contributed by atoms with E-state index in [0.717, 1.165) is 18.5 Å². The molecule has 22 heavy (non-hydrogen) atoms. The van der Waals surface area contributed by atoms with E-state index >= 15 is 0 Å². The van der Waals surface area contributed by atoms with Crippen LogP contribution in [0.25, 0.3) is 11.3 Å². The van der Waals surface area contributed by atoms with Gasteiger partial charge in [-0.05, 0) is 44.0 Å². The first-order valence-electron chi connectivity index (χ1n) is 7.03. The zero-order valence-electron chi connectivity index (χ0n) is 12.1. The molecule has 1 amide bonds. The Bertz CT molecular complexity index is 790. The molecule has 1 aromatic heterocycles. The number of primary amides is 1. The fourth-order valence-electron chi connectivity index (χ4n) is 2.26. The number of aryl methyl sites for hydroxylation is 1. The fourth-order valence-corrected chi connectivity index (χ4v) is 2.26. The van der Waals surface area contributed by atoms with E-state index in [4.69, 9.17) is 11.0 Å². The van der Waals surface area contributed by atoms with Crippen LogP contribution in [0.3, 0.4) is 0 Å². The molecule has 6 nitrogen and oxygen atoms in total. The van der Waals surface area contributed by atoms with Crippen molar-refractivity contribution < 1.29 is 4.79 Å². The maximum atomic E-state index is 11.7. The predicted molar refractivity (Wildman–Crippen MR) is 82.1 cm³/mol. The molecule has 0 saturated heterocycles. The third kappa shape index (κ3) is 2.74. The van der Waals surface area contributed by atoms with Crippen LogP contribution in [0.2, 0.25) is 0 Å². The monoisotopic (exact) mass is 293 g/mol. The summed E-state index contributed by atoms with van der Waals surface area (Å²) in [5.41, 5.74) is 8.79. The van der Waals surface area contributed by atoms with E-state index in [1.54, 1.807) is 25.1 Å². The Balaban J connectivity index is 2.17. The summed E-state index contributed by atoms with van der Waals surface area (Å²) in [5, 5.41) is 20.7. The van der Waals surface area contributed by atoms with E-state index in [9.17, 15) is 4.79 Å². The van der Waals surface area contributed by atoms with Gasteiger partial charge in [-0.25, -0.2) is 0 Å². The van der Waals surface area contributed by atoms with Gasteiger partial charge in [-0.15, -0.1) is 5.10 Å². The van der Waals surface area contributed by atoms with E-state index in [2.05, 4.69) is 21.6 Å². The minimum Gasteiger partial charge on any atom is -0.382 e. The topological polar surface area (TPSA) is 105 Å². The lowest BCUT2D eigenvalue weighted by Crippen LogP contribution is -2.15. The standard InChI is InChI=1S/C16H15N5O/c1-9-6-13(16(18)22)15(21-20-9)12-7-10(8-17)2-5-14(12)19-11-3-4-11/h2,5-7,11,19H,3-4H2,1H3,(H2,18,22). The third-order valence-corrected chi connectivity index (χ3v) is 3.52. The van der Waals surface area contributed by atoms with Crippen LogP contribution in [0.4, 0.5) is 5.69 Å². The summed E-state index contributed by atoms with van der Waals surface area (Å²) >= 11 is 0. The lowest BCUT2D eigenvalue weighted by atomic mass is 10.0. The number of nitrogens with one attached hydrogen (secondary N) is 1. The van der Waals surface area contributed by atoms with Gasteiger partial charge in [0.1, 0.15) is 5.69 Å². The van der Waals surface area contributed by atoms with Crippen molar-refractivity contribution >= 4 is 11.6 Å². The highest BCUT2D eigenvalue weighted by atomic mass is 16.1. The van der Waals surface area contributed by atoms with Crippen LogP contribution in [-0.2, 0) is 0 Å². The van der Waals surface area contributed by atoms with E-state index in [0.29, 0.717) is 34.1 Å². The minimum absolute atomic E-state index is 0.307. The molecule has 1 aliphatic carbocycles. The molecule has 6 heteroatoms. The highest BCUT2D eigenvalue weighted by Gasteiger charge is 2.24. The smallest absolute Gasteiger partial charge is 0.251 e. The maximum Gasteiger partial charge on any atom is 0.251 e. The van der Waals surface area contributed by atoms with Crippen molar-refractivity contribution in [2.75, 3.05) is 5.32 Å². The Morgan fingerprint density at radius 2 is 2.14 bits per heavy atom. The highest BCUT2D eigenvalue weighted by molar-refractivity contribution is 6.00. The van der Waals surface area contributed by atoms with Crippen molar-refractivity contribution in [3.8, 4) is 17.3 Å². The molecule has 1 heterocycles. The van der Waals surface area contributed by atoms with Gasteiger partial charge >= 0.3 is 0 Å². The van der Waals surface area contributed by atoms with Crippen molar-refractivity contribution in [2.45, 2.75) is 25.8 Å². The van der Waals surface area contributed by atoms with E-state index < -0.39 is 5.91 Å². The van der Waals surface area contributed by atoms with Gasteiger partial charge in [0.25, 0.3) is 5.91 Å². The minimum atomic E-state index is -0.562. The number of nitriles is 1. The van der Waals surface area contributed by atoms with E-state index in [1.165, 1.54) is 0 Å². The summed E-state index contributed by atoms with van der Waals surface area (Å²) in [7, 11) is 0. The van der Waals surface area contributed by atoms with Crippen LogP contribution in [0.1, 0.15) is 34.5 Å². The van der Waals surface area contributed by atoms with Gasteiger partial charge in [0.15, 0.2) is 0 Å². The number of rotatable bonds is 4.